The molecule has 0 aliphatic heterocycles. The SMILES string of the molecule is CC(C)NS(=O)(=O)Nc1cccc(Br)c1O. The monoisotopic (exact) mass is 308 g/mol. The highest BCUT2D eigenvalue weighted by molar-refractivity contribution is 9.10. The molecule has 0 saturated heterocycles. The molecule has 0 spiro atoms. The van der Waals surface area contributed by atoms with Gasteiger partial charge in [-0.25, -0.2) is 0 Å². The summed E-state index contributed by atoms with van der Waals surface area (Å²) >= 11 is 3.10. The number of aromatic hydroxyl groups is 1. The second kappa shape index (κ2) is 5.03. The fraction of sp³-hybridized carbons (Fsp3) is 0.333. The van der Waals surface area contributed by atoms with E-state index in [9.17, 15) is 13.5 Å². The van der Waals surface area contributed by atoms with Crippen LogP contribution in [0, 0.1) is 0 Å². The van der Waals surface area contributed by atoms with Gasteiger partial charge in [0.2, 0.25) is 0 Å². The predicted octanol–water partition coefficient (Wildman–Crippen LogP) is 1.81. The highest BCUT2D eigenvalue weighted by Crippen LogP contribution is 2.31. The normalized spacial score (nSPS) is 11.8. The third-order valence-electron chi connectivity index (χ3n) is 1.62. The van der Waals surface area contributed by atoms with Gasteiger partial charge in [-0.2, -0.15) is 13.1 Å². The molecule has 90 valence electrons. The van der Waals surface area contributed by atoms with Crippen LogP contribution in [-0.2, 0) is 10.2 Å². The zero-order valence-electron chi connectivity index (χ0n) is 8.86. The van der Waals surface area contributed by atoms with E-state index in [1.165, 1.54) is 6.07 Å². The zero-order chi connectivity index (χ0) is 12.3. The van der Waals surface area contributed by atoms with Crippen LogP contribution in [0.5, 0.6) is 5.75 Å². The van der Waals surface area contributed by atoms with E-state index >= 15 is 0 Å². The van der Waals surface area contributed by atoms with Crippen molar-refractivity contribution in [3.63, 3.8) is 0 Å². The number of anilines is 1. The van der Waals surface area contributed by atoms with Crippen LogP contribution in [0.4, 0.5) is 5.69 Å². The Hall–Kier alpha value is -0.790. The third-order valence-corrected chi connectivity index (χ3v) is 3.53. The molecule has 0 aliphatic carbocycles. The van der Waals surface area contributed by atoms with Gasteiger partial charge in [-0.3, -0.25) is 4.72 Å². The standard InChI is InChI=1S/C9H13BrN2O3S/c1-6(2)11-16(14,15)12-8-5-3-4-7(10)9(8)13/h3-6,11-13H,1-2H3. The maximum Gasteiger partial charge on any atom is 0.299 e. The van der Waals surface area contributed by atoms with Gasteiger partial charge in [-0.05, 0) is 41.9 Å². The molecule has 0 aliphatic rings. The highest BCUT2D eigenvalue weighted by Gasteiger charge is 2.14. The van der Waals surface area contributed by atoms with Crippen molar-refractivity contribution in [1.82, 2.24) is 4.72 Å². The number of para-hydroxylation sites is 1. The molecule has 0 amide bonds. The van der Waals surface area contributed by atoms with Crippen LogP contribution < -0.4 is 9.44 Å². The Morgan fingerprint density at radius 3 is 2.56 bits per heavy atom. The van der Waals surface area contributed by atoms with E-state index in [-0.39, 0.29) is 17.5 Å². The van der Waals surface area contributed by atoms with Crippen molar-refractivity contribution in [2.24, 2.45) is 0 Å². The van der Waals surface area contributed by atoms with Gasteiger partial charge in [0.05, 0.1) is 10.2 Å². The summed E-state index contributed by atoms with van der Waals surface area (Å²) in [4.78, 5) is 0. The van der Waals surface area contributed by atoms with Crippen LogP contribution >= 0.6 is 15.9 Å². The minimum Gasteiger partial charge on any atom is -0.505 e. The number of rotatable bonds is 4. The second-order valence-corrected chi connectivity index (χ2v) is 5.82. The van der Waals surface area contributed by atoms with E-state index in [0.29, 0.717) is 4.47 Å². The van der Waals surface area contributed by atoms with Crippen molar-refractivity contribution in [3.05, 3.63) is 22.7 Å². The Morgan fingerprint density at radius 2 is 2.00 bits per heavy atom. The lowest BCUT2D eigenvalue weighted by molar-refractivity contribution is 0.474. The van der Waals surface area contributed by atoms with Crippen LogP contribution in [0.3, 0.4) is 0 Å². The van der Waals surface area contributed by atoms with Crippen molar-refractivity contribution in [1.29, 1.82) is 0 Å². The van der Waals surface area contributed by atoms with Crippen LogP contribution in [0.1, 0.15) is 13.8 Å². The van der Waals surface area contributed by atoms with E-state index in [4.69, 9.17) is 0 Å². The minimum atomic E-state index is -3.65. The zero-order valence-corrected chi connectivity index (χ0v) is 11.3. The topological polar surface area (TPSA) is 78.4 Å². The Kier molecular flexibility index (Phi) is 4.17. The van der Waals surface area contributed by atoms with E-state index in [0.717, 1.165) is 0 Å². The van der Waals surface area contributed by atoms with Crippen molar-refractivity contribution in [2.75, 3.05) is 4.72 Å². The molecule has 1 aromatic carbocycles. The molecule has 0 atom stereocenters. The van der Waals surface area contributed by atoms with E-state index in [1.807, 2.05) is 0 Å². The molecule has 0 bridgehead atoms. The van der Waals surface area contributed by atoms with Gasteiger partial charge < -0.3 is 5.11 Å². The molecule has 0 fully saturated rings. The van der Waals surface area contributed by atoms with Crippen molar-refractivity contribution < 1.29 is 13.5 Å². The number of hydrogen-bond acceptors (Lipinski definition) is 3. The van der Waals surface area contributed by atoms with E-state index < -0.39 is 10.2 Å². The maximum atomic E-state index is 11.5. The summed E-state index contributed by atoms with van der Waals surface area (Å²) in [6.45, 7) is 3.42. The van der Waals surface area contributed by atoms with Gasteiger partial charge in [0.25, 0.3) is 10.2 Å². The summed E-state index contributed by atoms with van der Waals surface area (Å²) in [5, 5.41) is 9.59. The lowest BCUT2D eigenvalue weighted by Crippen LogP contribution is -2.35. The fourth-order valence-corrected chi connectivity index (χ4v) is 2.58. The van der Waals surface area contributed by atoms with Crippen molar-refractivity contribution in [2.45, 2.75) is 19.9 Å². The number of nitrogens with one attached hydrogen (secondary N) is 2. The van der Waals surface area contributed by atoms with Crippen molar-refractivity contribution in [3.8, 4) is 5.75 Å². The molecule has 1 aromatic rings. The number of hydrogen-bond donors (Lipinski definition) is 3. The Morgan fingerprint density at radius 1 is 1.38 bits per heavy atom. The molecule has 0 unspecified atom stereocenters. The van der Waals surface area contributed by atoms with Gasteiger partial charge >= 0.3 is 0 Å². The first-order valence-corrected chi connectivity index (χ1v) is 6.87. The number of phenols is 1. The lowest BCUT2D eigenvalue weighted by Gasteiger charge is -2.12. The van der Waals surface area contributed by atoms with Crippen LogP contribution in [0.2, 0.25) is 0 Å². The average molecular weight is 309 g/mol. The molecule has 7 heteroatoms. The van der Waals surface area contributed by atoms with Crippen LogP contribution in [0.25, 0.3) is 0 Å². The van der Waals surface area contributed by atoms with Gasteiger partial charge in [-0.1, -0.05) is 6.07 Å². The van der Waals surface area contributed by atoms with Gasteiger partial charge in [0, 0.05) is 6.04 Å². The predicted molar refractivity (Wildman–Crippen MR) is 66.6 cm³/mol. The second-order valence-electron chi connectivity index (χ2n) is 3.51. The lowest BCUT2D eigenvalue weighted by atomic mass is 10.3. The summed E-state index contributed by atoms with van der Waals surface area (Å²) in [5.41, 5.74) is 0.127. The Labute approximate surface area is 103 Å². The maximum absolute atomic E-state index is 11.5. The van der Waals surface area contributed by atoms with E-state index in [2.05, 4.69) is 25.4 Å². The highest BCUT2D eigenvalue weighted by atomic mass is 79.9. The molecule has 0 heterocycles. The largest absolute Gasteiger partial charge is 0.505 e. The molecule has 16 heavy (non-hydrogen) atoms. The number of halogens is 1. The van der Waals surface area contributed by atoms with E-state index in [1.54, 1.807) is 26.0 Å². The fourth-order valence-electron chi connectivity index (χ4n) is 1.08. The summed E-state index contributed by atoms with van der Waals surface area (Å²) in [7, 11) is -3.65. The van der Waals surface area contributed by atoms with Gasteiger partial charge in [-0.15, -0.1) is 0 Å². The third kappa shape index (κ3) is 3.66. The summed E-state index contributed by atoms with van der Waals surface area (Å²) in [5.74, 6) is -0.142. The number of benzene rings is 1. The summed E-state index contributed by atoms with van der Waals surface area (Å²) < 4.78 is 28.1. The quantitative estimate of drug-likeness (QED) is 0.742. The number of phenolic OH excluding ortho intramolecular Hbond substituents is 1. The summed E-state index contributed by atoms with van der Waals surface area (Å²) in [6, 6.07) is 4.49. The first kappa shape index (κ1) is 13.3. The van der Waals surface area contributed by atoms with Gasteiger partial charge in [0.1, 0.15) is 0 Å². The average Bonchev–Trinajstić information content (AvgIpc) is 2.10. The molecule has 0 saturated carbocycles. The van der Waals surface area contributed by atoms with Crippen LogP contribution in [0.15, 0.2) is 22.7 Å². The first-order valence-electron chi connectivity index (χ1n) is 4.59. The summed E-state index contributed by atoms with van der Waals surface area (Å²) in [6.07, 6.45) is 0. The molecule has 0 radical (unpaired) electrons. The van der Waals surface area contributed by atoms with Gasteiger partial charge in [0.15, 0.2) is 5.75 Å². The molecular formula is C9H13BrN2O3S. The Bertz CT molecular complexity index is 474. The minimum absolute atomic E-state index is 0.127. The molecule has 1 rings (SSSR count). The van der Waals surface area contributed by atoms with Crippen molar-refractivity contribution >= 4 is 31.8 Å². The Balaban J connectivity index is 2.93. The molecule has 3 N–H and O–H groups in total. The van der Waals surface area contributed by atoms with Crippen LogP contribution in [-0.4, -0.2) is 19.6 Å². The smallest absolute Gasteiger partial charge is 0.299 e. The molecule has 0 aromatic heterocycles. The molecular weight excluding hydrogens is 296 g/mol. The molecule has 5 nitrogen and oxygen atoms in total. The first-order chi connectivity index (χ1) is 7.32.